The van der Waals surface area contributed by atoms with E-state index in [1.807, 2.05) is 0 Å². The number of amides is 1. The maximum Gasteiger partial charge on any atom is 0.417 e. The van der Waals surface area contributed by atoms with Gasteiger partial charge in [0.25, 0.3) is 0 Å². The van der Waals surface area contributed by atoms with Crippen LogP contribution in [0.15, 0.2) is 54.0 Å². The average Bonchev–Trinajstić information content (AvgIpc) is 3.86. The number of anilines is 2. The fraction of sp³-hybridized carbons (Fsp3) is 0.323. The molecule has 0 bridgehead atoms. The van der Waals surface area contributed by atoms with E-state index in [0.29, 0.717) is 9.25 Å². The SMILES string of the molecule is [2H]C([2H])([2H])n1c(=O)n([C@]2([2H])CC[C@@H](NC(=O)OC)C2)c2cc(Nc3cc(-c4cnccc4C(F)(F)F)c4nc(C)c(-c5cnn(C(F)F)c5)n4n3)ncc21. The number of fused-ring (bicyclic) bond motifs is 2. The van der Waals surface area contributed by atoms with E-state index in [1.165, 1.54) is 26.2 Å². The molecular formula is C31H28F5N11O3. The van der Waals surface area contributed by atoms with E-state index in [0.717, 1.165) is 46.1 Å². The predicted octanol–water partition coefficient (Wildman–Crippen LogP) is 5.62. The highest BCUT2D eigenvalue weighted by Crippen LogP contribution is 2.40. The van der Waals surface area contributed by atoms with Crippen LogP contribution in [0.1, 0.15) is 48.6 Å². The van der Waals surface area contributed by atoms with Crippen LogP contribution in [0.2, 0.25) is 0 Å². The smallest absolute Gasteiger partial charge is 0.417 e. The second-order valence-electron chi connectivity index (χ2n) is 11.4. The van der Waals surface area contributed by atoms with Crippen LogP contribution in [0.25, 0.3) is 39.1 Å². The first-order valence-electron chi connectivity index (χ1n) is 16.9. The molecule has 6 aromatic heterocycles. The van der Waals surface area contributed by atoms with E-state index >= 15 is 0 Å². The largest absolute Gasteiger partial charge is 0.453 e. The van der Waals surface area contributed by atoms with Crippen LogP contribution >= 0.6 is 0 Å². The van der Waals surface area contributed by atoms with E-state index in [9.17, 15) is 32.9 Å². The summed E-state index contributed by atoms with van der Waals surface area (Å²) in [6.45, 7) is -4.45. The molecular weight excluding hydrogens is 669 g/mol. The van der Waals surface area contributed by atoms with Gasteiger partial charge < -0.3 is 15.4 Å². The van der Waals surface area contributed by atoms with Crippen LogP contribution in [-0.2, 0) is 17.9 Å². The number of ether oxygens (including phenoxy) is 1. The summed E-state index contributed by atoms with van der Waals surface area (Å²) in [4.78, 5) is 38.3. The molecule has 1 fully saturated rings. The Morgan fingerprint density at radius 3 is 2.68 bits per heavy atom. The van der Waals surface area contributed by atoms with Crippen molar-refractivity contribution < 1.29 is 37.0 Å². The van der Waals surface area contributed by atoms with E-state index in [-0.39, 0.29) is 75.7 Å². The highest BCUT2D eigenvalue weighted by Gasteiger charge is 2.35. The van der Waals surface area contributed by atoms with Crippen molar-refractivity contribution in [3.8, 4) is 22.4 Å². The average molecular weight is 702 g/mol. The van der Waals surface area contributed by atoms with Crippen LogP contribution in [0.3, 0.4) is 0 Å². The topological polar surface area (TPSA) is 151 Å². The molecule has 0 unspecified atom stereocenters. The number of carbonyl (C=O) groups excluding carboxylic acids is 1. The van der Waals surface area contributed by atoms with E-state index in [4.69, 9.17) is 4.11 Å². The molecule has 260 valence electrons. The fourth-order valence-corrected chi connectivity index (χ4v) is 6.12. The minimum atomic E-state index is -4.82. The van der Waals surface area contributed by atoms with Gasteiger partial charge in [-0.2, -0.15) is 27.1 Å². The quantitative estimate of drug-likeness (QED) is 0.202. The normalized spacial score (nSPS) is 19.4. The number of aromatic nitrogens is 9. The number of rotatable bonds is 7. The Labute approximate surface area is 284 Å². The molecule has 1 saturated carbocycles. The van der Waals surface area contributed by atoms with E-state index in [2.05, 4.69) is 40.5 Å². The molecule has 6 heterocycles. The number of imidazole rings is 2. The van der Waals surface area contributed by atoms with Crippen molar-refractivity contribution >= 4 is 34.4 Å². The molecule has 1 aliphatic carbocycles. The zero-order valence-corrected chi connectivity index (χ0v) is 26.0. The van der Waals surface area contributed by atoms with Gasteiger partial charge in [0.05, 0.1) is 48.9 Å². The molecule has 19 heteroatoms. The highest BCUT2D eigenvalue weighted by atomic mass is 19.4. The molecule has 0 radical (unpaired) electrons. The first-order valence-corrected chi connectivity index (χ1v) is 14.9. The Kier molecular flexibility index (Phi) is 6.85. The number of pyridine rings is 2. The minimum Gasteiger partial charge on any atom is -0.453 e. The minimum absolute atomic E-state index is 0.0196. The zero-order valence-electron chi connectivity index (χ0n) is 30.0. The molecule has 0 saturated heterocycles. The Balaban J connectivity index is 1.40. The lowest BCUT2D eigenvalue weighted by Crippen LogP contribution is -2.33. The van der Waals surface area contributed by atoms with Gasteiger partial charge in [0, 0.05) is 64.5 Å². The predicted molar refractivity (Wildman–Crippen MR) is 169 cm³/mol. The van der Waals surface area contributed by atoms with Gasteiger partial charge in [0.1, 0.15) is 5.82 Å². The van der Waals surface area contributed by atoms with Gasteiger partial charge in [0.2, 0.25) is 0 Å². The second kappa shape index (κ2) is 12.2. The number of halogens is 5. The number of nitrogens with one attached hydrogen (secondary N) is 2. The van der Waals surface area contributed by atoms with Gasteiger partial charge in [-0.3, -0.25) is 14.1 Å². The fourth-order valence-electron chi connectivity index (χ4n) is 6.12. The summed E-state index contributed by atoms with van der Waals surface area (Å²) in [6.07, 6.45) is -0.0897. The van der Waals surface area contributed by atoms with Crippen molar-refractivity contribution in [2.75, 3.05) is 12.4 Å². The Morgan fingerprint density at radius 2 is 1.96 bits per heavy atom. The summed E-state index contributed by atoms with van der Waals surface area (Å²) < 4.78 is 111. The lowest BCUT2D eigenvalue weighted by atomic mass is 10.0. The van der Waals surface area contributed by atoms with Crippen molar-refractivity contribution in [1.29, 1.82) is 0 Å². The second-order valence-corrected chi connectivity index (χ2v) is 11.4. The maximum absolute atomic E-state index is 14.3. The monoisotopic (exact) mass is 701 g/mol. The molecule has 7 rings (SSSR count). The third kappa shape index (κ3) is 5.67. The van der Waals surface area contributed by atoms with E-state index < -0.39 is 49.1 Å². The molecule has 1 aliphatic rings. The van der Waals surface area contributed by atoms with Crippen molar-refractivity contribution in [1.82, 2.24) is 48.8 Å². The number of hydrogen-bond donors (Lipinski definition) is 2. The van der Waals surface area contributed by atoms with Crippen molar-refractivity contribution in [2.24, 2.45) is 6.98 Å². The number of carbonyl (C=O) groups is 1. The Hall–Kier alpha value is -5.88. The lowest BCUT2D eigenvalue weighted by molar-refractivity contribution is -0.137. The Morgan fingerprint density at radius 1 is 1.14 bits per heavy atom. The molecule has 6 aromatic rings. The van der Waals surface area contributed by atoms with Crippen molar-refractivity contribution in [3.63, 3.8) is 0 Å². The van der Waals surface area contributed by atoms with Gasteiger partial charge in [-0.05, 0) is 38.3 Å². The van der Waals surface area contributed by atoms with Gasteiger partial charge >= 0.3 is 24.5 Å². The number of alkyl halides is 5. The summed E-state index contributed by atoms with van der Waals surface area (Å²) in [7, 11) is 1.17. The number of hydrogen-bond acceptors (Lipinski definition) is 9. The van der Waals surface area contributed by atoms with Crippen LogP contribution in [0.5, 0.6) is 0 Å². The molecule has 2 N–H and O–H groups in total. The molecule has 0 spiro atoms. The molecule has 0 aromatic carbocycles. The summed E-state index contributed by atoms with van der Waals surface area (Å²) in [6, 6.07) is 1.04. The molecule has 2 atom stereocenters. The lowest BCUT2D eigenvalue weighted by Gasteiger charge is -2.15. The number of methoxy groups -OCH3 is 1. The third-order valence-electron chi connectivity index (χ3n) is 8.32. The third-order valence-corrected chi connectivity index (χ3v) is 8.32. The first kappa shape index (κ1) is 28.0. The molecule has 1 amide bonds. The maximum atomic E-state index is 14.3. The Bertz CT molecular complexity index is 2490. The molecule has 14 nitrogen and oxygen atoms in total. The first-order chi connectivity index (χ1) is 25.4. The summed E-state index contributed by atoms with van der Waals surface area (Å²) in [5.41, 5.74) is -2.29. The standard InChI is InChI=1S/C31H28F5N11O3/c1-15-26(16-11-39-45(14-16)28(32)33)47-27(40-15)19(20-12-37-7-6-21(20)31(34,35)36)9-25(43-47)42-24-10-22-23(13-38-24)44(2)30(49)46(22)18-5-4-17(8-18)41-29(48)50-3/h6-7,9-14,17-18,28H,4-5,8H2,1-3H3,(H,41,48)(H,38,42,43)/t17-,18-/m1/s1/i2D3,18D. The van der Waals surface area contributed by atoms with Crippen molar-refractivity contribution in [3.05, 3.63) is 70.9 Å². The summed E-state index contributed by atoms with van der Waals surface area (Å²) in [5, 5.41) is 13.7. The highest BCUT2D eigenvalue weighted by molar-refractivity contribution is 5.85. The van der Waals surface area contributed by atoms with Gasteiger partial charge in [-0.25, -0.2) is 28.8 Å². The van der Waals surface area contributed by atoms with Crippen LogP contribution < -0.4 is 16.3 Å². The molecule has 50 heavy (non-hydrogen) atoms. The number of nitrogens with zero attached hydrogens (tertiary/aromatic N) is 9. The van der Waals surface area contributed by atoms with Gasteiger partial charge in [0.15, 0.2) is 11.5 Å². The zero-order chi connectivity index (χ0) is 38.9. The van der Waals surface area contributed by atoms with Crippen LogP contribution in [0.4, 0.5) is 38.4 Å². The van der Waals surface area contributed by atoms with Crippen LogP contribution in [-0.4, -0.2) is 62.7 Å². The molecule has 0 aliphatic heterocycles. The number of aryl methyl sites for hydroxylation is 2. The van der Waals surface area contributed by atoms with Crippen LogP contribution in [0, 0.1) is 6.92 Å². The van der Waals surface area contributed by atoms with E-state index in [1.54, 1.807) is 0 Å². The van der Waals surface area contributed by atoms with Gasteiger partial charge in [-0.1, -0.05) is 0 Å². The summed E-state index contributed by atoms with van der Waals surface area (Å²) >= 11 is 0. The van der Waals surface area contributed by atoms with Gasteiger partial charge in [-0.15, -0.1) is 5.10 Å². The summed E-state index contributed by atoms with van der Waals surface area (Å²) in [5.74, 6) is -0.192. The van der Waals surface area contributed by atoms with Crippen molar-refractivity contribution in [2.45, 2.75) is 51.0 Å². The number of alkyl carbamates (subject to hydrolysis) is 1.